The molecule has 0 radical (unpaired) electrons. The van der Waals surface area contributed by atoms with Crippen molar-refractivity contribution in [2.45, 2.75) is 31.7 Å². The molecular formula is C11H14N4O3. The van der Waals surface area contributed by atoms with Crippen LogP contribution in [0, 0.1) is 10.1 Å². The van der Waals surface area contributed by atoms with Gasteiger partial charge in [-0.15, -0.1) is 0 Å². The monoisotopic (exact) mass is 250 g/mol. The Morgan fingerprint density at radius 2 is 2.17 bits per heavy atom. The summed E-state index contributed by atoms with van der Waals surface area (Å²) in [6, 6.07) is 1.34. The molecule has 1 saturated carbocycles. The van der Waals surface area contributed by atoms with E-state index in [4.69, 9.17) is 5.73 Å². The Morgan fingerprint density at radius 3 is 2.78 bits per heavy atom. The van der Waals surface area contributed by atoms with Gasteiger partial charge in [-0.25, -0.2) is 4.98 Å². The van der Waals surface area contributed by atoms with E-state index in [9.17, 15) is 14.9 Å². The minimum absolute atomic E-state index is 0.0283. The molecule has 3 N–H and O–H groups in total. The van der Waals surface area contributed by atoms with Gasteiger partial charge in [0.05, 0.1) is 4.92 Å². The zero-order valence-corrected chi connectivity index (χ0v) is 9.76. The van der Waals surface area contributed by atoms with Crippen molar-refractivity contribution in [1.29, 1.82) is 0 Å². The number of amides is 1. The van der Waals surface area contributed by atoms with Crippen LogP contribution in [-0.2, 0) is 0 Å². The smallest absolute Gasteiger partial charge is 0.300 e. The maximum atomic E-state index is 12.0. The molecule has 1 aromatic rings. The van der Waals surface area contributed by atoms with Gasteiger partial charge in [-0.2, -0.15) is 0 Å². The molecule has 2 rings (SSSR count). The van der Waals surface area contributed by atoms with E-state index in [1.54, 1.807) is 0 Å². The van der Waals surface area contributed by atoms with Gasteiger partial charge in [0.1, 0.15) is 17.6 Å². The molecule has 7 heteroatoms. The zero-order chi connectivity index (χ0) is 13.1. The lowest BCUT2D eigenvalue weighted by Crippen LogP contribution is -2.33. The topological polar surface area (TPSA) is 111 Å². The summed E-state index contributed by atoms with van der Waals surface area (Å²) in [7, 11) is 0. The van der Waals surface area contributed by atoms with Gasteiger partial charge in [-0.1, -0.05) is 12.8 Å². The number of carbonyl (C=O) groups is 1. The Hall–Kier alpha value is -2.18. The first-order chi connectivity index (χ1) is 8.58. The molecule has 7 nitrogen and oxygen atoms in total. The maximum absolute atomic E-state index is 12.0. The van der Waals surface area contributed by atoms with Gasteiger partial charge in [0.2, 0.25) is 0 Å². The Labute approximate surface area is 104 Å². The van der Waals surface area contributed by atoms with E-state index < -0.39 is 10.8 Å². The number of nitrogen functional groups attached to an aromatic ring is 1. The van der Waals surface area contributed by atoms with Gasteiger partial charge >= 0.3 is 0 Å². The predicted molar refractivity (Wildman–Crippen MR) is 65.0 cm³/mol. The van der Waals surface area contributed by atoms with Crippen LogP contribution in [0.5, 0.6) is 0 Å². The number of nitrogens with one attached hydrogen (secondary N) is 1. The lowest BCUT2D eigenvalue weighted by Gasteiger charge is -2.11. The van der Waals surface area contributed by atoms with Crippen LogP contribution in [0.2, 0.25) is 0 Å². The van der Waals surface area contributed by atoms with Crippen LogP contribution in [0.1, 0.15) is 36.0 Å². The molecule has 1 fully saturated rings. The molecule has 0 bridgehead atoms. The number of nitro groups is 1. The molecule has 1 aliphatic rings. The molecule has 0 aliphatic heterocycles. The van der Waals surface area contributed by atoms with Crippen molar-refractivity contribution in [3.8, 4) is 0 Å². The second-order valence-corrected chi connectivity index (χ2v) is 4.34. The van der Waals surface area contributed by atoms with Crippen molar-refractivity contribution in [1.82, 2.24) is 10.3 Å². The third kappa shape index (κ3) is 2.55. The van der Waals surface area contributed by atoms with Crippen molar-refractivity contribution >= 4 is 17.4 Å². The van der Waals surface area contributed by atoms with Gasteiger partial charge in [-0.05, 0) is 18.9 Å². The van der Waals surface area contributed by atoms with Crippen LogP contribution >= 0.6 is 0 Å². The number of pyridine rings is 1. The van der Waals surface area contributed by atoms with Gasteiger partial charge < -0.3 is 11.1 Å². The highest BCUT2D eigenvalue weighted by atomic mass is 16.6. The number of rotatable bonds is 3. The van der Waals surface area contributed by atoms with Gasteiger partial charge in [-0.3, -0.25) is 14.9 Å². The largest absolute Gasteiger partial charge is 0.384 e. The molecular weight excluding hydrogens is 236 g/mol. The number of hydrogen-bond acceptors (Lipinski definition) is 5. The number of nitrogens with two attached hydrogens (primary N) is 1. The fourth-order valence-electron chi connectivity index (χ4n) is 2.12. The Balaban J connectivity index is 2.22. The van der Waals surface area contributed by atoms with E-state index in [0.717, 1.165) is 31.9 Å². The molecule has 18 heavy (non-hydrogen) atoms. The van der Waals surface area contributed by atoms with Crippen LogP contribution in [0.3, 0.4) is 0 Å². The van der Waals surface area contributed by atoms with E-state index in [1.807, 2.05) is 0 Å². The molecule has 1 aliphatic carbocycles. The fourth-order valence-corrected chi connectivity index (χ4v) is 2.12. The van der Waals surface area contributed by atoms with Crippen LogP contribution in [0.4, 0.5) is 11.5 Å². The molecule has 96 valence electrons. The number of carbonyl (C=O) groups excluding carboxylic acids is 1. The second-order valence-electron chi connectivity index (χ2n) is 4.34. The highest BCUT2D eigenvalue weighted by molar-refractivity contribution is 5.98. The second kappa shape index (κ2) is 4.99. The standard InChI is InChI=1S/C11H14N4O3/c12-10-5-8(9(6-13-10)15(17)18)11(16)14-7-3-1-2-4-7/h5-7H,1-4H2,(H2,12,13)(H,14,16). The third-order valence-corrected chi connectivity index (χ3v) is 3.04. The minimum Gasteiger partial charge on any atom is -0.384 e. The van der Waals surface area contributed by atoms with Gasteiger partial charge in [0.15, 0.2) is 0 Å². The fraction of sp³-hybridized carbons (Fsp3) is 0.455. The minimum atomic E-state index is -0.629. The first-order valence-corrected chi connectivity index (χ1v) is 5.78. The zero-order valence-electron chi connectivity index (χ0n) is 9.76. The highest BCUT2D eigenvalue weighted by Crippen LogP contribution is 2.22. The summed E-state index contributed by atoms with van der Waals surface area (Å²) in [5, 5.41) is 13.6. The van der Waals surface area contributed by atoms with Gasteiger partial charge in [0.25, 0.3) is 11.6 Å². The van der Waals surface area contributed by atoms with Crippen LogP contribution < -0.4 is 11.1 Å². The highest BCUT2D eigenvalue weighted by Gasteiger charge is 2.24. The molecule has 1 amide bonds. The molecule has 0 saturated heterocycles. The summed E-state index contributed by atoms with van der Waals surface area (Å²) in [5.41, 5.74) is 5.11. The molecule has 0 unspecified atom stereocenters. The van der Waals surface area contributed by atoms with Crippen molar-refractivity contribution in [3.63, 3.8) is 0 Å². The Bertz CT molecular complexity index is 483. The van der Waals surface area contributed by atoms with E-state index in [2.05, 4.69) is 10.3 Å². The summed E-state index contributed by atoms with van der Waals surface area (Å²) in [5.74, 6) is -0.361. The van der Waals surface area contributed by atoms with E-state index in [0.29, 0.717) is 0 Å². The summed E-state index contributed by atoms with van der Waals surface area (Å²) >= 11 is 0. The number of hydrogen-bond donors (Lipinski definition) is 2. The van der Waals surface area contributed by atoms with E-state index in [1.165, 1.54) is 6.07 Å². The number of anilines is 1. The number of aromatic nitrogens is 1. The third-order valence-electron chi connectivity index (χ3n) is 3.04. The van der Waals surface area contributed by atoms with E-state index >= 15 is 0 Å². The van der Waals surface area contributed by atoms with E-state index in [-0.39, 0.29) is 23.1 Å². The molecule has 0 spiro atoms. The molecule has 0 aromatic carbocycles. The quantitative estimate of drug-likeness (QED) is 0.619. The summed E-state index contributed by atoms with van der Waals surface area (Å²) < 4.78 is 0. The van der Waals surface area contributed by atoms with Gasteiger partial charge in [0, 0.05) is 6.04 Å². The average Bonchev–Trinajstić information content (AvgIpc) is 2.81. The SMILES string of the molecule is Nc1cc(C(=O)NC2CCCC2)c([N+](=O)[O-])cn1. The van der Waals surface area contributed by atoms with Crippen molar-refractivity contribution in [2.75, 3.05) is 5.73 Å². The van der Waals surface area contributed by atoms with Crippen molar-refractivity contribution in [3.05, 3.63) is 27.9 Å². The summed E-state index contributed by atoms with van der Waals surface area (Å²) in [6.07, 6.45) is 5.00. The van der Waals surface area contributed by atoms with Crippen molar-refractivity contribution in [2.24, 2.45) is 0 Å². The first kappa shape index (κ1) is 12.3. The first-order valence-electron chi connectivity index (χ1n) is 5.78. The lowest BCUT2D eigenvalue weighted by atomic mass is 10.1. The number of nitrogens with zero attached hydrogens (tertiary/aromatic N) is 2. The Kier molecular flexibility index (Phi) is 3.40. The normalized spacial score (nSPS) is 15.6. The predicted octanol–water partition coefficient (Wildman–Crippen LogP) is 1.24. The lowest BCUT2D eigenvalue weighted by molar-refractivity contribution is -0.385. The van der Waals surface area contributed by atoms with Crippen molar-refractivity contribution < 1.29 is 9.72 Å². The molecule has 1 heterocycles. The summed E-state index contributed by atoms with van der Waals surface area (Å²) in [4.78, 5) is 25.8. The Morgan fingerprint density at radius 1 is 1.50 bits per heavy atom. The van der Waals surface area contributed by atoms with Crippen LogP contribution in [-0.4, -0.2) is 21.9 Å². The average molecular weight is 250 g/mol. The van der Waals surface area contributed by atoms with Crippen LogP contribution in [0.25, 0.3) is 0 Å². The summed E-state index contributed by atoms with van der Waals surface area (Å²) in [6.45, 7) is 0. The maximum Gasteiger partial charge on any atom is 0.300 e. The van der Waals surface area contributed by atoms with Crippen LogP contribution in [0.15, 0.2) is 12.3 Å². The molecule has 1 aromatic heterocycles. The molecule has 0 atom stereocenters.